The van der Waals surface area contributed by atoms with E-state index in [1.54, 1.807) is 6.07 Å². The highest BCUT2D eigenvalue weighted by Gasteiger charge is 2.19. The highest BCUT2D eigenvalue weighted by molar-refractivity contribution is 7.89. The number of aromatic nitrogens is 3. The maximum absolute atomic E-state index is 12.3. The number of hydrogen-bond donors (Lipinski definition) is 0. The first-order valence-electron chi connectivity index (χ1n) is 8.90. The Hall–Kier alpha value is -2.65. The van der Waals surface area contributed by atoms with Crippen LogP contribution in [0.15, 0.2) is 41.3 Å². The number of hydrogen-bond acceptors (Lipinski definition) is 6. The van der Waals surface area contributed by atoms with Crippen molar-refractivity contribution in [3.63, 3.8) is 0 Å². The van der Waals surface area contributed by atoms with Crippen LogP contribution >= 0.6 is 0 Å². The van der Waals surface area contributed by atoms with E-state index < -0.39 is 10.0 Å². The fourth-order valence-electron chi connectivity index (χ4n) is 2.76. The fraction of sp³-hybridized carbons (Fsp3) is 0.368. The molecule has 0 radical (unpaired) electrons. The average molecular weight is 404 g/mol. The molecule has 0 N–H and O–H groups in total. The van der Waals surface area contributed by atoms with Crippen molar-refractivity contribution in [2.45, 2.75) is 25.2 Å². The van der Waals surface area contributed by atoms with E-state index in [4.69, 9.17) is 9.57 Å². The lowest BCUT2D eigenvalue weighted by atomic mass is 10.1. The van der Waals surface area contributed by atoms with Crippen molar-refractivity contribution in [2.24, 2.45) is 0 Å². The normalized spacial score (nSPS) is 11.9. The molecule has 0 aliphatic rings. The van der Waals surface area contributed by atoms with Crippen molar-refractivity contribution in [3.05, 3.63) is 47.5 Å². The van der Waals surface area contributed by atoms with Crippen molar-refractivity contribution >= 4 is 21.1 Å². The first-order valence-corrected chi connectivity index (χ1v) is 10.3. The van der Waals surface area contributed by atoms with Crippen LogP contribution in [0.5, 0.6) is 5.75 Å². The standard InChI is InChI=1S/C19H24N4O4S/c1-14-10-15(2)12-16(11-14)26-8-5-9-27-23-19-13-17(28(24,25)22(3)4)6-7-18(19)20-21-23/h6-7,10-13H,5,8-9H2,1-4H3. The molecule has 8 nitrogen and oxygen atoms in total. The van der Waals surface area contributed by atoms with E-state index in [2.05, 4.69) is 16.4 Å². The molecule has 0 atom stereocenters. The molecule has 1 heterocycles. The minimum absolute atomic E-state index is 0.162. The van der Waals surface area contributed by atoms with Gasteiger partial charge in [-0.3, -0.25) is 0 Å². The Labute approximate surface area is 164 Å². The number of aryl methyl sites for hydroxylation is 2. The van der Waals surface area contributed by atoms with Gasteiger partial charge in [0.2, 0.25) is 10.0 Å². The first-order chi connectivity index (χ1) is 13.3. The van der Waals surface area contributed by atoms with Gasteiger partial charge in [-0.15, -0.1) is 5.10 Å². The molecular formula is C19H24N4O4S. The molecule has 0 aliphatic carbocycles. The first kappa shape index (κ1) is 20.1. The van der Waals surface area contributed by atoms with Gasteiger partial charge >= 0.3 is 0 Å². The number of fused-ring (bicyclic) bond motifs is 1. The van der Waals surface area contributed by atoms with E-state index in [0.717, 1.165) is 21.2 Å². The quantitative estimate of drug-likeness (QED) is 0.535. The Morgan fingerprint density at radius 2 is 1.75 bits per heavy atom. The monoisotopic (exact) mass is 404 g/mol. The van der Waals surface area contributed by atoms with Crippen LogP contribution < -0.4 is 9.57 Å². The van der Waals surface area contributed by atoms with Gasteiger partial charge in [0.05, 0.1) is 11.5 Å². The van der Waals surface area contributed by atoms with Crippen LogP contribution in [0.3, 0.4) is 0 Å². The van der Waals surface area contributed by atoms with Gasteiger partial charge in [0.1, 0.15) is 23.4 Å². The second kappa shape index (κ2) is 8.15. The minimum Gasteiger partial charge on any atom is -0.493 e. The summed E-state index contributed by atoms with van der Waals surface area (Å²) >= 11 is 0. The van der Waals surface area contributed by atoms with Gasteiger partial charge in [0, 0.05) is 20.5 Å². The summed E-state index contributed by atoms with van der Waals surface area (Å²) in [4.78, 5) is 7.04. The Balaban J connectivity index is 1.61. The van der Waals surface area contributed by atoms with Crippen LogP contribution in [0.1, 0.15) is 17.5 Å². The van der Waals surface area contributed by atoms with Crippen LogP contribution in [0.2, 0.25) is 0 Å². The van der Waals surface area contributed by atoms with Gasteiger partial charge in [-0.2, -0.15) is 0 Å². The molecule has 9 heteroatoms. The number of benzene rings is 2. The highest BCUT2D eigenvalue weighted by Crippen LogP contribution is 2.19. The third kappa shape index (κ3) is 4.42. The van der Waals surface area contributed by atoms with E-state index >= 15 is 0 Å². The zero-order valence-corrected chi connectivity index (χ0v) is 17.2. The summed E-state index contributed by atoms with van der Waals surface area (Å²) in [5, 5.41) is 7.94. The summed E-state index contributed by atoms with van der Waals surface area (Å²) in [6.45, 7) is 4.91. The molecule has 0 fully saturated rings. The smallest absolute Gasteiger partial charge is 0.242 e. The van der Waals surface area contributed by atoms with E-state index in [0.29, 0.717) is 30.7 Å². The van der Waals surface area contributed by atoms with Crippen LogP contribution in [0, 0.1) is 13.8 Å². The van der Waals surface area contributed by atoms with Crippen molar-refractivity contribution in [2.75, 3.05) is 27.3 Å². The van der Waals surface area contributed by atoms with Gasteiger partial charge in [0.25, 0.3) is 0 Å². The summed E-state index contributed by atoms with van der Waals surface area (Å²) < 4.78 is 31.5. The minimum atomic E-state index is -3.54. The van der Waals surface area contributed by atoms with Gasteiger partial charge < -0.3 is 9.57 Å². The number of ether oxygens (including phenoxy) is 1. The van der Waals surface area contributed by atoms with Gasteiger partial charge in [-0.1, -0.05) is 10.9 Å². The molecule has 0 saturated heterocycles. The number of nitrogens with zero attached hydrogens (tertiary/aromatic N) is 4. The largest absolute Gasteiger partial charge is 0.493 e. The van der Waals surface area contributed by atoms with E-state index in [1.165, 1.54) is 31.1 Å². The van der Waals surface area contributed by atoms with Crippen LogP contribution in [0.4, 0.5) is 0 Å². The predicted octanol–water partition coefficient (Wildman–Crippen LogP) is 2.20. The lowest BCUT2D eigenvalue weighted by molar-refractivity contribution is 0.0779. The summed E-state index contributed by atoms with van der Waals surface area (Å²) in [7, 11) is -0.566. The molecule has 0 saturated carbocycles. The molecule has 0 unspecified atom stereocenters. The van der Waals surface area contributed by atoms with Crippen LogP contribution in [0.25, 0.3) is 11.0 Å². The van der Waals surface area contributed by atoms with Gasteiger partial charge in [-0.25, -0.2) is 12.7 Å². The molecule has 0 spiro atoms. The molecule has 28 heavy (non-hydrogen) atoms. The predicted molar refractivity (Wildman–Crippen MR) is 106 cm³/mol. The third-order valence-corrected chi connectivity index (χ3v) is 5.94. The Morgan fingerprint density at radius 3 is 2.43 bits per heavy atom. The molecule has 0 bridgehead atoms. The summed E-state index contributed by atoms with van der Waals surface area (Å²) in [5.74, 6) is 0.835. The van der Waals surface area contributed by atoms with E-state index in [-0.39, 0.29) is 4.90 Å². The fourth-order valence-corrected chi connectivity index (χ4v) is 3.68. The lowest BCUT2D eigenvalue weighted by Gasteiger charge is -2.11. The van der Waals surface area contributed by atoms with Crippen molar-refractivity contribution in [1.29, 1.82) is 0 Å². The zero-order chi connectivity index (χ0) is 20.3. The van der Waals surface area contributed by atoms with Crippen LogP contribution in [-0.2, 0) is 10.0 Å². The van der Waals surface area contributed by atoms with Crippen molar-refractivity contribution in [3.8, 4) is 5.75 Å². The maximum Gasteiger partial charge on any atom is 0.242 e. The molecule has 0 aliphatic heterocycles. The summed E-state index contributed by atoms with van der Waals surface area (Å²) in [6.07, 6.45) is 0.643. The average Bonchev–Trinajstić information content (AvgIpc) is 3.03. The van der Waals surface area contributed by atoms with Crippen molar-refractivity contribution < 1.29 is 18.0 Å². The Morgan fingerprint density at radius 1 is 1.04 bits per heavy atom. The summed E-state index contributed by atoms with van der Waals surface area (Å²) in [5.41, 5.74) is 3.37. The lowest BCUT2D eigenvalue weighted by Crippen LogP contribution is -2.22. The second-order valence-electron chi connectivity index (χ2n) is 6.76. The molecule has 3 aromatic rings. The molecule has 1 aromatic heterocycles. The van der Waals surface area contributed by atoms with Gasteiger partial charge in [-0.05, 0) is 60.5 Å². The zero-order valence-electron chi connectivity index (χ0n) is 16.4. The second-order valence-corrected chi connectivity index (χ2v) is 8.91. The number of rotatable bonds is 8. The molecular weight excluding hydrogens is 380 g/mol. The number of sulfonamides is 1. The van der Waals surface area contributed by atoms with Crippen molar-refractivity contribution in [1.82, 2.24) is 19.5 Å². The Kier molecular flexibility index (Phi) is 5.85. The third-order valence-electron chi connectivity index (χ3n) is 4.13. The van der Waals surface area contributed by atoms with E-state index in [1.807, 2.05) is 26.0 Å². The molecule has 150 valence electrons. The van der Waals surface area contributed by atoms with Crippen LogP contribution in [-0.4, -0.2) is 55.2 Å². The molecule has 3 rings (SSSR count). The highest BCUT2D eigenvalue weighted by atomic mass is 32.2. The van der Waals surface area contributed by atoms with Gasteiger partial charge in [0.15, 0.2) is 0 Å². The molecule has 2 aromatic carbocycles. The van der Waals surface area contributed by atoms with E-state index in [9.17, 15) is 8.42 Å². The Bertz CT molecular complexity index is 1060. The topological polar surface area (TPSA) is 86.5 Å². The summed E-state index contributed by atoms with van der Waals surface area (Å²) in [6, 6.07) is 10.7. The SMILES string of the molecule is Cc1cc(C)cc(OCCCOn2nnc3ccc(S(=O)(=O)N(C)C)cc32)c1. The molecule has 0 amide bonds. The maximum atomic E-state index is 12.3.